The summed E-state index contributed by atoms with van der Waals surface area (Å²) in [4.78, 5) is 11.4. The SMILES string of the molecule is CCOc1ccc(/C=C2/NC(C)OC2=O)cc1. The molecule has 0 spiro atoms. The summed E-state index contributed by atoms with van der Waals surface area (Å²) in [5, 5.41) is 2.95. The van der Waals surface area contributed by atoms with E-state index in [0.717, 1.165) is 11.3 Å². The summed E-state index contributed by atoms with van der Waals surface area (Å²) < 4.78 is 10.3. The highest BCUT2D eigenvalue weighted by Crippen LogP contribution is 2.16. The number of carbonyl (C=O) groups excluding carboxylic acids is 1. The standard InChI is InChI=1S/C13H15NO3/c1-3-16-11-6-4-10(5-7-11)8-12-13(15)17-9(2)14-12/h4-9,14H,3H2,1-2H3/b12-8+. The van der Waals surface area contributed by atoms with Crippen LogP contribution in [0.25, 0.3) is 6.08 Å². The van der Waals surface area contributed by atoms with Crippen molar-refractivity contribution in [1.82, 2.24) is 5.32 Å². The van der Waals surface area contributed by atoms with Crippen molar-refractivity contribution in [1.29, 1.82) is 0 Å². The zero-order chi connectivity index (χ0) is 12.3. The van der Waals surface area contributed by atoms with Gasteiger partial charge in [-0.3, -0.25) is 0 Å². The number of rotatable bonds is 3. The fraction of sp³-hybridized carbons (Fsp3) is 0.308. The van der Waals surface area contributed by atoms with Crippen LogP contribution in [0, 0.1) is 0 Å². The zero-order valence-corrected chi connectivity index (χ0v) is 9.90. The van der Waals surface area contributed by atoms with Crippen LogP contribution >= 0.6 is 0 Å². The van der Waals surface area contributed by atoms with Crippen LogP contribution in [-0.2, 0) is 9.53 Å². The number of hydrogen-bond acceptors (Lipinski definition) is 4. The topological polar surface area (TPSA) is 47.6 Å². The molecule has 0 aromatic heterocycles. The number of nitrogens with one attached hydrogen (secondary N) is 1. The number of hydrogen-bond donors (Lipinski definition) is 1. The summed E-state index contributed by atoms with van der Waals surface area (Å²) in [5.41, 5.74) is 1.42. The monoisotopic (exact) mass is 233 g/mol. The van der Waals surface area contributed by atoms with Crippen molar-refractivity contribution >= 4 is 12.0 Å². The fourth-order valence-corrected chi connectivity index (χ4v) is 1.63. The summed E-state index contributed by atoms with van der Waals surface area (Å²) in [6.07, 6.45) is 1.51. The minimum Gasteiger partial charge on any atom is -0.494 e. The third kappa shape index (κ3) is 2.78. The minimum absolute atomic E-state index is 0.253. The van der Waals surface area contributed by atoms with Crippen LogP contribution in [-0.4, -0.2) is 18.8 Å². The second kappa shape index (κ2) is 4.91. The molecule has 2 rings (SSSR count). The van der Waals surface area contributed by atoms with Crippen molar-refractivity contribution in [3.05, 3.63) is 35.5 Å². The molecular weight excluding hydrogens is 218 g/mol. The van der Waals surface area contributed by atoms with Gasteiger partial charge in [0.1, 0.15) is 11.4 Å². The lowest BCUT2D eigenvalue weighted by Crippen LogP contribution is -2.16. The summed E-state index contributed by atoms with van der Waals surface area (Å²) in [6.45, 7) is 4.37. The molecule has 0 amide bonds. The fourth-order valence-electron chi connectivity index (χ4n) is 1.63. The molecule has 1 saturated heterocycles. The second-order valence-corrected chi connectivity index (χ2v) is 3.75. The van der Waals surface area contributed by atoms with E-state index in [1.54, 1.807) is 13.0 Å². The van der Waals surface area contributed by atoms with Gasteiger partial charge in [-0.1, -0.05) is 12.1 Å². The molecule has 0 bridgehead atoms. The van der Waals surface area contributed by atoms with Gasteiger partial charge in [0.25, 0.3) is 0 Å². The third-order valence-corrected chi connectivity index (χ3v) is 2.36. The molecule has 1 aliphatic rings. The predicted octanol–water partition coefficient (Wildman–Crippen LogP) is 1.92. The molecule has 4 nitrogen and oxygen atoms in total. The van der Waals surface area contributed by atoms with Gasteiger partial charge >= 0.3 is 5.97 Å². The van der Waals surface area contributed by atoms with Crippen LogP contribution in [0.5, 0.6) is 5.75 Å². The number of carbonyl (C=O) groups is 1. The Labute approximate surface area is 100 Å². The van der Waals surface area contributed by atoms with Crippen molar-refractivity contribution in [3.63, 3.8) is 0 Å². The van der Waals surface area contributed by atoms with Crippen molar-refractivity contribution in [3.8, 4) is 5.75 Å². The number of esters is 1. The molecule has 1 atom stereocenters. The molecule has 1 aromatic rings. The van der Waals surface area contributed by atoms with Crippen molar-refractivity contribution in [2.24, 2.45) is 0 Å². The molecule has 0 radical (unpaired) electrons. The summed E-state index contributed by atoms with van der Waals surface area (Å²) in [5.74, 6) is 0.511. The van der Waals surface area contributed by atoms with Crippen LogP contribution in [0.1, 0.15) is 19.4 Å². The maximum Gasteiger partial charge on any atom is 0.356 e. The second-order valence-electron chi connectivity index (χ2n) is 3.75. The van der Waals surface area contributed by atoms with Gasteiger partial charge in [0, 0.05) is 0 Å². The maximum atomic E-state index is 11.4. The van der Waals surface area contributed by atoms with E-state index in [-0.39, 0.29) is 12.2 Å². The molecular formula is C13H15NO3. The van der Waals surface area contributed by atoms with E-state index < -0.39 is 0 Å². The molecule has 90 valence electrons. The number of cyclic esters (lactones) is 1. The lowest BCUT2D eigenvalue weighted by molar-refractivity contribution is -0.138. The Morgan fingerprint density at radius 1 is 1.41 bits per heavy atom. The Bertz CT molecular complexity index is 436. The van der Waals surface area contributed by atoms with Crippen molar-refractivity contribution in [2.45, 2.75) is 20.1 Å². The third-order valence-electron chi connectivity index (χ3n) is 2.36. The zero-order valence-electron chi connectivity index (χ0n) is 9.90. The Morgan fingerprint density at radius 2 is 2.12 bits per heavy atom. The normalized spacial score (nSPS) is 21.2. The lowest BCUT2D eigenvalue weighted by atomic mass is 10.2. The largest absolute Gasteiger partial charge is 0.494 e. The Kier molecular flexibility index (Phi) is 3.32. The van der Waals surface area contributed by atoms with Gasteiger partial charge in [0.15, 0.2) is 6.23 Å². The minimum atomic E-state index is -0.314. The number of ether oxygens (including phenoxy) is 2. The highest BCUT2D eigenvalue weighted by atomic mass is 16.6. The first-order valence-corrected chi connectivity index (χ1v) is 5.61. The van der Waals surface area contributed by atoms with Crippen LogP contribution in [0.2, 0.25) is 0 Å². The van der Waals surface area contributed by atoms with Crippen LogP contribution in [0.3, 0.4) is 0 Å². The molecule has 1 aliphatic heterocycles. The van der Waals surface area contributed by atoms with Crippen molar-refractivity contribution in [2.75, 3.05) is 6.61 Å². The smallest absolute Gasteiger partial charge is 0.356 e. The maximum absolute atomic E-state index is 11.4. The van der Waals surface area contributed by atoms with E-state index >= 15 is 0 Å². The summed E-state index contributed by atoms with van der Waals surface area (Å²) >= 11 is 0. The molecule has 4 heteroatoms. The highest BCUT2D eigenvalue weighted by molar-refractivity contribution is 5.94. The van der Waals surface area contributed by atoms with Gasteiger partial charge in [0.05, 0.1) is 6.61 Å². The van der Waals surface area contributed by atoms with Crippen molar-refractivity contribution < 1.29 is 14.3 Å². The van der Waals surface area contributed by atoms with Gasteiger partial charge in [-0.05, 0) is 37.6 Å². The first-order chi connectivity index (χ1) is 8.19. The molecule has 17 heavy (non-hydrogen) atoms. The van der Waals surface area contributed by atoms with Gasteiger partial charge in [0.2, 0.25) is 0 Å². The molecule has 0 aliphatic carbocycles. The van der Waals surface area contributed by atoms with Gasteiger partial charge in [-0.2, -0.15) is 0 Å². The average Bonchev–Trinajstić information content (AvgIpc) is 2.61. The summed E-state index contributed by atoms with van der Waals surface area (Å²) in [7, 11) is 0. The van der Waals surface area contributed by atoms with Crippen LogP contribution < -0.4 is 10.1 Å². The van der Waals surface area contributed by atoms with E-state index in [1.165, 1.54) is 0 Å². The van der Waals surface area contributed by atoms with E-state index in [9.17, 15) is 4.79 Å². The van der Waals surface area contributed by atoms with E-state index in [2.05, 4.69) is 5.32 Å². The number of benzene rings is 1. The molecule has 1 heterocycles. The predicted molar refractivity (Wildman–Crippen MR) is 64.3 cm³/mol. The Morgan fingerprint density at radius 3 is 2.65 bits per heavy atom. The van der Waals surface area contributed by atoms with E-state index in [1.807, 2.05) is 31.2 Å². The molecule has 1 fully saturated rings. The lowest BCUT2D eigenvalue weighted by Gasteiger charge is -2.03. The first kappa shape index (κ1) is 11.5. The van der Waals surface area contributed by atoms with E-state index in [0.29, 0.717) is 12.3 Å². The Hall–Kier alpha value is -1.97. The first-order valence-electron chi connectivity index (χ1n) is 5.61. The van der Waals surface area contributed by atoms with Gasteiger partial charge in [-0.25, -0.2) is 4.79 Å². The molecule has 1 N–H and O–H groups in total. The average molecular weight is 233 g/mol. The van der Waals surface area contributed by atoms with E-state index in [4.69, 9.17) is 9.47 Å². The van der Waals surface area contributed by atoms with Gasteiger partial charge in [-0.15, -0.1) is 0 Å². The highest BCUT2D eigenvalue weighted by Gasteiger charge is 2.23. The van der Waals surface area contributed by atoms with Crippen LogP contribution in [0.4, 0.5) is 0 Å². The Balaban J connectivity index is 2.13. The van der Waals surface area contributed by atoms with Crippen LogP contribution in [0.15, 0.2) is 30.0 Å². The molecule has 1 aromatic carbocycles. The quantitative estimate of drug-likeness (QED) is 0.640. The molecule has 0 saturated carbocycles. The van der Waals surface area contributed by atoms with Gasteiger partial charge < -0.3 is 14.8 Å². The molecule has 1 unspecified atom stereocenters. The summed E-state index contributed by atoms with van der Waals surface area (Å²) in [6, 6.07) is 7.55.